The van der Waals surface area contributed by atoms with Crippen molar-refractivity contribution in [2.75, 3.05) is 13.2 Å². The van der Waals surface area contributed by atoms with Crippen LogP contribution in [0.2, 0.25) is 18.1 Å². The van der Waals surface area contributed by atoms with Gasteiger partial charge in [-0.25, -0.2) is 0 Å². The van der Waals surface area contributed by atoms with E-state index in [0.29, 0.717) is 13.2 Å². The van der Waals surface area contributed by atoms with Crippen molar-refractivity contribution in [2.45, 2.75) is 84.9 Å². The smallest absolute Gasteiger partial charge is 0.192 e. The molecule has 0 fully saturated rings. The Morgan fingerprint density at radius 1 is 0.784 bits per heavy atom. The molecule has 0 aliphatic heterocycles. The number of ether oxygens (including phenoxy) is 1. The highest BCUT2D eigenvalue weighted by atomic mass is 28.4. The molecule has 3 rings (SSSR count). The van der Waals surface area contributed by atoms with Crippen LogP contribution >= 0.6 is 0 Å². The Labute approximate surface area is 228 Å². The van der Waals surface area contributed by atoms with Crippen LogP contribution in [0.5, 0.6) is 5.75 Å². The van der Waals surface area contributed by atoms with Gasteiger partial charge in [-0.1, -0.05) is 102 Å². The highest BCUT2D eigenvalue weighted by Gasteiger charge is 2.36. The average molecular weight is 515 g/mol. The summed E-state index contributed by atoms with van der Waals surface area (Å²) in [5, 5.41) is 0.217. The number of rotatable bonds is 12. The Morgan fingerprint density at radius 3 is 2.08 bits per heavy atom. The van der Waals surface area contributed by atoms with Gasteiger partial charge in [-0.15, -0.1) is 0 Å². The zero-order chi connectivity index (χ0) is 27.1. The molecule has 0 aliphatic carbocycles. The van der Waals surface area contributed by atoms with Crippen molar-refractivity contribution >= 4 is 21.6 Å². The highest BCUT2D eigenvalue weighted by molar-refractivity contribution is 6.74. The molecule has 4 heteroatoms. The Morgan fingerprint density at radius 2 is 1.46 bits per heavy atom. The van der Waals surface area contributed by atoms with Crippen LogP contribution in [0.15, 0.2) is 60.7 Å². The number of hydrogen-bond donors (Lipinski definition) is 0. The van der Waals surface area contributed by atoms with E-state index in [4.69, 9.17) is 9.16 Å². The first kappa shape index (κ1) is 29.3. The van der Waals surface area contributed by atoms with Gasteiger partial charge in [-0.2, -0.15) is 0 Å². The summed E-state index contributed by atoms with van der Waals surface area (Å²) in [6.45, 7) is 17.1. The summed E-state index contributed by atoms with van der Waals surface area (Å²) in [5.41, 5.74) is 9.11. The van der Waals surface area contributed by atoms with E-state index in [0.717, 1.165) is 17.6 Å². The maximum Gasteiger partial charge on any atom is 0.192 e. The zero-order valence-corrected chi connectivity index (χ0v) is 25.5. The lowest BCUT2D eigenvalue weighted by Gasteiger charge is -2.36. The van der Waals surface area contributed by atoms with E-state index in [1.807, 2.05) is 0 Å². The minimum Gasteiger partial charge on any atom is -0.492 e. The first-order valence-corrected chi connectivity index (χ1v) is 17.1. The van der Waals surface area contributed by atoms with Gasteiger partial charge in [0.05, 0.1) is 6.61 Å². The van der Waals surface area contributed by atoms with Crippen molar-refractivity contribution in [2.24, 2.45) is 0 Å². The topological polar surface area (TPSA) is 18.5 Å². The number of hydrogen-bond acceptors (Lipinski definition) is 2. The fourth-order valence-electron chi connectivity index (χ4n) is 4.43. The van der Waals surface area contributed by atoms with Crippen molar-refractivity contribution < 1.29 is 9.16 Å². The monoisotopic (exact) mass is 514 g/mol. The summed E-state index contributed by atoms with van der Waals surface area (Å²) >= 11 is 0. The molecule has 0 saturated heterocycles. The number of aryl methyl sites for hydroxylation is 2. The Kier molecular flexibility index (Phi) is 10.3. The first-order valence-electron chi connectivity index (χ1n) is 14.2. The average Bonchev–Trinajstić information content (AvgIpc) is 2.87. The molecule has 0 saturated carbocycles. The number of benzene rings is 3. The van der Waals surface area contributed by atoms with Crippen LogP contribution in [-0.4, -0.2) is 29.4 Å². The quantitative estimate of drug-likeness (QED) is 0.180. The fourth-order valence-corrected chi connectivity index (χ4v) is 5.46. The molecule has 198 valence electrons. The maximum absolute atomic E-state index is 6.27. The zero-order valence-electron chi connectivity index (χ0n) is 24.5. The fraction of sp³-hybridized carbons (Fsp3) is 0.455. The summed E-state index contributed by atoms with van der Waals surface area (Å²) in [4.78, 5) is 0. The third-order valence-corrected chi connectivity index (χ3v) is 12.5. The predicted octanol–water partition coefficient (Wildman–Crippen LogP) is 7.97. The van der Waals surface area contributed by atoms with Gasteiger partial charge in [0.1, 0.15) is 20.2 Å². The van der Waals surface area contributed by atoms with Crippen LogP contribution in [0.4, 0.5) is 0 Å². The molecule has 0 N–H and O–H groups in total. The van der Waals surface area contributed by atoms with Crippen molar-refractivity contribution in [1.82, 2.24) is 0 Å². The van der Waals surface area contributed by atoms with E-state index < -0.39 is 8.32 Å². The molecular weight excluding hydrogens is 467 g/mol. The van der Waals surface area contributed by atoms with Crippen molar-refractivity contribution in [3.05, 3.63) is 71.8 Å². The van der Waals surface area contributed by atoms with Gasteiger partial charge >= 0.3 is 0 Å². The van der Waals surface area contributed by atoms with Gasteiger partial charge in [-0.3, -0.25) is 0 Å². The van der Waals surface area contributed by atoms with Gasteiger partial charge < -0.3 is 9.16 Å². The van der Waals surface area contributed by atoms with Crippen LogP contribution < -0.4 is 10.2 Å². The SMILES string of the molecule is Bc1cc(-c2ccc(-c3ccc(CCCCC)cc3)cc2CC)ccc1OCCO[Si](C)(C)C(C)(C)C. The third kappa shape index (κ3) is 7.85. The molecule has 0 aliphatic rings. The lowest BCUT2D eigenvalue weighted by molar-refractivity contribution is 0.204. The van der Waals surface area contributed by atoms with Crippen LogP contribution in [0, 0.1) is 0 Å². The molecule has 3 aromatic rings. The van der Waals surface area contributed by atoms with Gasteiger partial charge in [0.2, 0.25) is 0 Å². The summed E-state index contributed by atoms with van der Waals surface area (Å²) in [5.74, 6) is 0.941. The van der Waals surface area contributed by atoms with E-state index in [1.165, 1.54) is 59.1 Å². The van der Waals surface area contributed by atoms with Crippen LogP contribution in [0.25, 0.3) is 22.3 Å². The summed E-state index contributed by atoms with van der Waals surface area (Å²) < 4.78 is 12.4. The second kappa shape index (κ2) is 13.0. The Balaban J connectivity index is 1.68. The van der Waals surface area contributed by atoms with E-state index >= 15 is 0 Å². The molecule has 0 radical (unpaired) electrons. The molecular formula is C33H47BO2Si. The molecule has 0 bridgehead atoms. The molecule has 3 aromatic carbocycles. The van der Waals surface area contributed by atoms with E-state index in [2.05, 4.69) is 116 Å². The van der Waals surface area contributed by atoms with Crippen molar-refractivity contribution in [1.29, 1.82) is 0 Å². The molecule has 0 aromatic heterocycles. The predicted molar refractivity (Wildman–Crippen MR) is 167 cm³/mol. The molecule has 37 heavy (non-hydrogen) atoms. The third-order valence-electron chi connectivity index (χ3n) is 7.94. The van der Waals surface area contributed by atoms with E-state index in [1.54, 1.807) is 0 Å². The Hall–Kier alpha value is -2.30. The second-order valence-electron chi connectivity index (χ2n) is 11.8. The molecule has 0 amide bonds. The lowest BCUT2D eigenvalue weighted by Crippen LogP contribution is -2.41. The van der Waals surface area contributed by atoms with Crippen LogP contribution in [0.3, 0.4) is 0 Å². The van der Waals surface area contributed by atoms with E-state index in [-0.39, 0.29) is 5.04 Å². The maximum atomic E-state index is 6.27. The minimum absolute atomic E-state index is 0.217. The van der Waals surface area contributed by atoms with Gasteiger partial charge in [0, 0.05) is 0 Å². The Bertz CT molecular complexity index is 1150. The lowest BCUT2D eigenvalue weighted by atomic mass is 9.88. The molecule has 0 heterocycles. The standard InChI is InChI=1S/C33H47BO2Si/c1-8-10-11-12-25-13-15-27(16-14-25)28-17-19-30(26(9-2)23-28)29-18-20-32(31(34)24-29)35-21-22-36-37(6,7)33(3,4)5/h13-20,23-24H,8-12,21-22,34H2,1-7H3. The molecule has 0 atom stereocenters. The first-order chi connectivity index (χ1) is 17.6. The second-order valence-corrected chi connectivity index (χ2v) is 16.6. The minimum atomic E-state index is -1.74. The van der Waals surface area contributed by atoms with Gasteiger partial charge in [-0.05, 0) is 82.3 Å². The summed E-state index contributed by atoms with van der Waals surface area (Å²) in [7, 11) is 0.395. The van der Waals surface area contributed by atoms with E-state index in [9.17, 15) is 0 Å². The van der Waals surface area contributed by atoms with Crippen molar-refractivity contribution in [3.63, 3.8) is 0 Å². The summed E-state index contributed by atoms with van der Waals surface area (Å²) in [6, 6.07) is 22.6. The number of unbranched alkanes of at least 4 members (excludes halogenated alkanes) is 2. The van der Waals surface area contributed by atoms with Gasteiger partial charge in [0.25, 0.3) is 0 Å². The normalized spacial score (nSPS) is 12.1. The van der Waals surface area contributed by atoms with Gasteiger partial charge in [0.15, 0.2) is 8.32 Å². The highest BCUT2D eigenvalue weighted by Crippen LogP contribution is 2.36. The molecule has 0 spiro atoms. The molecule has 0 unspecified atom stereocenters. The van der Waals surface area contributed by atoms with Crippen LogP contribution in [-0.2, 0) is 17.3 Å². The molecule has 2 nitrogen and oxygen atoms in total. The van der Waals surface area contributed by atoms with Crippen LogP contribution in [0.1, 0.15) is 65.0 Å². The largest absolute Gasteiger partial charge is 0.492 e. The van der Waals surface area contributed by atoms with Crippen molar-refractivity contribution in [3.8, 4) is 28.0 Å². The summed E-state index contributed by atoms with van der Waals surface area (Å²) in [6.07, 6.45) is 6.03.